The second-order valence-electron chi connectivity index (χ2n) is 7.75. The van der Waals surface area contributed by atoms with Crippen molar-refractivity contribution in [2.45, 2.75) is 52.8 Å². The minimum Gasteiger partial charge on any atom is -0.494 e. The van der Waals surface area contributed by atoms with Gasteiger partial charge >= 0.3 is 6.09 Å². The summed E-state index contributed by atoms with van der Waals surface area (Å²) in [7, 11) is 2.03. The number of nitrogens with one attached hydrogen (secondary N) is 1. The third kappa shape index (κ3) is 7.13. The fourth-order valence-corrected chi connectivity index (χ4v) is 3.30. The Hall–Kier alpha value is -2.12. The lowest BCUT2D eigenvalue weighted by Gasteiger charge is -2.25. The number of carbonyl (C=O) groups excluding carboxylic acids is 1. The molecule has 6 nitrogen and oxygen atoms in total. The predicted molar refractivity (Wildman–Crippen MR) is 114 cm³/mol. The molecule has 0 aliphatic carbocycles. The van der Waals surface area contributed by atoms with E-state index in [1.807, 2.05) is 59.0 Å². The number of benzene rings is 1. The van der Waals surface area contributed by atoms with E-state index in [4.69, 9.17) is 14.5 Å². The Kier molecular flexibility index (Phi) is 7.83. The number of alkyl carbamates (subject to hydrolysis) is 1. The maximum atomic E-state index is 11.8. The van der Waals surface area contributed by atoms with E-state index in [1.54, 1.807) is 11.3 Å². The van der Waals surface area contributed by atoms with Crippen LogP contribution in [0.2, 0.25) is 0 Å². The van der Waals surface area contributed by atoms with Gasteiger partial charge < -0.3 is 14.8 Å². The average Bonchev–Trinajstić information content (AvgIpc) is 3.07. The Morgan fingerprint density at radius 2 is 1.96 bits per heavy atom. The average molecular weight is 406 g/mol. The second-order valence-corrected chi connectivity index (χ2v) is 8.61. The van der Waals surface area contributed by atoms with Crippen LogP contribution in [0.5, 0.6) is 5.75 Å². The molecule has 1 aromatic carbocycles. The molecule has 0 bridgehead atoms. The van der Waals surface area contributed by atoms with E-state index in [1.165, 1.54) is 0 Å². The first-order valence-corrected chi connectivity index (χ1v) is 10.4. The van der Waals surface area contributed by atoms with Gasteiger partial charge in [0.1, 0.15) is 16.4 Å². The maximum Gasteiger partial charge on any atom is 0.407 e. The smallest absolute Gasteiger partial charge is 0.407 e. The molecule has 7 heteroatoms. The maximum absolute atomic E-state index is 11.8. The summed E-state index contributed by atoms with van der Waals surface area (Å²) in [4.78, 5) is 18.7. The highest BCUT2D eigenvalue weighted by Gasteiger charge is 2.18. The van der Waals surface area contributed by atoms with Gasteiger partial charge in [-0.2, -0.15) is 0 Å². The fraction of sp³-hybridized carbons (Fsp3) is 0.524. The Morgan fingerprint density at radius 3 is 2.57 bits per heavy atom. The first-order valence-electron chi connectivity index (χ1n) is 9.52. The van der Waals surface area contributed by atoms with E-state index in [0.29, 0.717) is 19.7 Å². The van der Waals surface area contributed by atoms with Gasteiger partial charge in [-0.15, -0.1) is 11.3 Å². The van der Waals surface area contributed by atoms with E-state index in [-0.39, 0.29) is 12.1 Å². The van der Waals surface area contributed by atoms with Crippen LogP contribution in [-0.2, 0) is 11.3 Å². The number of hydrogen-bond donors (Lipinski definition) is 1. The number of ether oxygens (including phenoxy) is 2. The van der Waals surface area contributed by atoms with E-state index in [0.717, 1.165) is 22.0 Å². The lowest BCUT2D eigenvalue weighted by Crippen LogP contribution is -2.41. The Bertz CT molecular complexity index is 753. The first kappa shape index (κ1) is 22.2. The molecule has 154 valence electrons. The summed E-state index contributed by atoms with van der Waals surface area (Å²) in [5.74, 6) is 0.870. The number of likely N-dealkylation sites (N-methyl/N-ethyl adjacent to an activating group) is 1. The molecule has 0 radical (unpaired) electrons. The lowest BCUT2D eigenvalue weighted by atomic mass is 10.2. The van der Waals surface area contributed by atoms with E-state index >= 15 is 0 Å². The van der Waals surface area contributed by atoms with Gasteiger partial charge in [0.25, 0.3) is 0 Å². The molecule has 1 atom stereocenters. The zero-order chi connectivity index (χ0) is 20.7. The van der Waals surface area contributed by atoms with Crippen LogP contribution in [0.25, 0.3) is 10.6 Å². The summed E-state index contributed by atoms with van der Waals surface area (Å²) in [5.41, 5.74) is 1.61. The largest absolute Gasteiger partial charge is 0.494 e. The third-order valence-electron chi connectivity index (χ3n) is 4.07. The quantitative estimate of drug-likeness (QED) is 0.698. The highest BCUT2D eigenvalue weighted by atomic mass is 32.1. The molecule has 28 heavy (non-hydrogen) atoms. The zero-order valence-electron chi connectivity index (χ0n) is 17.6. The Labute approximate surface area is 171 Å². The Morgan fingerprint density at radius 1 is 1.29 bits per heavy atom. The van der Waals surface area contributed by atoms with Crippen LogP contribution in [0.4, 0.5) is 4.79 Å². The zero-order valence-corrected chi connectivity index (χ0v) is 18.4. The van der Waals surface area contributed by atoms with Gasteiger partial charge in [0.2, 0.25) is 0 Å². The fourth-order valence-electron chi connectivity index (χ4n) is 2.49. The molecular weight excluding hydrogens is 374 g/mol. The van der Waals surface area contributed by atoms with Crippen molar-refractivity contribution in [3.63, 3.8) is 0 Å². The molecule has 1 heterocycles. The summed E-state index contributed by atoms with van der Waals surface area (Å²) in [6.07, 6.45) is -0.390. The van der Waals surface area contributed by atoms with Crippen molar-refractivity contribution in [3.8, 4) is 16.3 Å². The number of nitrogens with zero attached hydrogens (tertiary/aromatic N) is 2. The number of hydrogen-bond acceptors (Lipinski definition) is 6. The topological polar surface area (TPSA) is 63.7 Å². The molecule has 0 aliphatic rings. The number of thiazole rings is 1. The van der Waals surface area contributed by atoms with Crippen molar-refractivity contribution in [2.75, 3.05) is 20.2 Å². The van der Waals surface area contributed by atoms with Crippen molar-refractivity contribution in [1.82, 2.24) is 15.2 Å². The monoisotopic (exact) mass is 405 g/mol. The van der Waals surface area contributed by atoms with E-state index < -0.39 is 5.60 Å². The summed E-state index contributed by atoms with van der Waals surface area (Å²) >= 11 is 1.63. The van der Waals surface area contributed by atoms with Crippen LogP contribution < -0.4 is 10.1 Å². The molecule has 0 fully saturated rings. The molecule has 0 aliphatic heterocycles. The van der Waals surface area contributed by atoms with Crippen molar-refractivity contribution in [1.29, 1.82) is 0 Å². The molecule has 0 saturated carbocycles. The van der Waals surface area contributed by atoms with Crippen LogP contribution in [0.3, 0.4) is 0 Å². The van der Waals surface area contributed by atoms with Crippen molar-refractivity contribution < 1.29 is 14.3 Å². The SMILES string of the molecule is CCOc1ccc(-c2nc(CN(C)C(C)CNC(=O)OC(C)(C)C)cs2)cc1. The molecule has 1 unspecified atom stereocenters. The highest BCUT2D eigenvalue weighted by molar-refractivity contribution is 7.13. The summed E-state index contributed by atoms with van der Waals surface area (Å²) in [5, 5.41) is 5.89. The van der Waals surface area contributed by atoms with E-state index in [2.05, 4.69) is 22.5 Å². The highest BCUT2D eigenvalue weighted by Crippen LogP contribution is 2.26. The van der Waals surface area contributed by atoms with Crippen LogP contribution in [0.1, 0.15) is 40.3 Å². The van der Waals surface area contributed by atoms with Crippen molar-refractivity contribution in [2.24, 2.45) is 0 Å². The molecule has 1 amide bonds. The van der Waals surface area contributed by atoms with Crippen molar-refractivity contribution >= 4 is 17.4 Å². The van der Waals surface area contributed by atoms with Gasteiger partial charge in [0.15, 0.2) is 0 Å². The van der Waals surface area contributed by atoms with Crippen molar-refractivity contribution in [3.05, 3.63) is 35.3 Å². The predicted octanol–water partition coefficient (Wildman–Crippen LogP) is 4.55. The van der Waals surface area contributed by atoms with Gasteiger partial charge in [-0.1, -0.05) is 0 Å². The summed E-state index contributed by atoms with van der Waals surface area (Å²) in [6.45, 7) is 11.5. The molecule has 2 rings (SSSR count). The molecule has 2 aromatic rings. The summed E-state index contributed by atoms with van der Waals surface area (Å²) < 4.78 is 10.8. The van der Waals surface area contributed by atoms with Crippen LogP contribution in [-0.4, -0.2) is 47.8 Å². The molecule has 1 aromatic heterocycles. The normalized spacial score (nSPS) is 12.7. The minimum absolute atomic E-state index is 0.156. The number of aromatic nitrogens is 1. The Balaban J connectivity index is 1.87. The van der Waals surface area contributed by atoms with Crippen LogP contribution in [0, 0.1) is 0 Å². The number of carbonyl (C=O) groups is 1. The van der Waals surface area contributed by atoms with Crippen LogP contribution >= 0.6 is 11.3 Å². The lowest BCUT2D eigenvalue weighted by molar-refractivity contribution is 0.0512. The van der Waals surface area contributed by atoms with E-state index in [9.17, 15) is 4.79 Å². The van der Waals surface area contributed by atoms with Gasteiger partial charge in [0.05, 0.1) is 12.3 Å². The first-order chi connectivity index (χ1) is 13.2. The minimum atomic E-state index is -0.489. The molecule has 0 spiro atoms. The molecular formula is C21H31N3O3S. The summed E-state index contributed by atoms with van der Waals surface area (Å²) in [6, 6.07) is 8.16. The third-order valence-corrected chi connectivity index (χ3v) is 5.01. The molecule has 1 N–H and O–H groups in total. The van der Waals surface area contributed by atoms with Gasteiger partial charge in [-0.3, -0.25) is 4.90 Å². The number of amides is 1. The molecule has 0 saturated heterocycles. The van der Waals surface area contributed by atoms with Gasteiger partial charge in [-0.25, -0.2) is 9.78 Å². The van der Waals surface area contributed by atoms with Crippen LogP contribution in [0.15, 0.2) is 29.6 Å². The number of rotatable bonds is 8. The standard InChI is InChI=1S/C21H31N3O3S/c1-7-26-18-10-8-16(9-11-18)19-23-17(14-28-19)13-24(6)15(2)12-22-20(25)27-21(3,4)5/h8-11,14-15H,7,12-13H2,1-6H3,(H,22,25). The van der Waals surface area contributed by atoms with Gasteiger partial charge in [0, 0.05) is 30.1 Å². The van der Waals surface area contributed by atoms with Gasteiger partial charge in [-0.05, 0) is 65.9 Å². The second kappa shape index (κ2) is 9.89.